The SMILES string of the molecule is CO/C1=C(/C)S(=O)(=O)NC(=O)c2ccc3c(c2)N(CCCCc2cc(Cl)ccc2CO3)C[C@@H]2CC[C@H]2[C@@H](OC)/C=C/C1. The van der Waals surface area contributed by atoms with Crippen LogP contribution >= 0.6 is 11.6 Å². The van der Waals surface area contributed by atoms with Crippen molar-refractivity contribution in [2.45, 2.75) is 58.2 Å². The first-order chi connectivity index (χ1) is 20.2. The molecule has 1 aliphatic carbocycles. The summed E-state index contributed by atoms with van der Waals surface area (Å²) >= 11 is 6.31. The van der Waals surface area contributed by atoms with Crippen molar-refractivity contribution in [1.29, 1.82) is 0 Å². The van der Waals surface area contributed by atoms with Crippen molar-refractivity contribution < 1.29 is 27.4 Å². The zero-order chi connectivity index (χ0) is 29.9. The summed E-state index contributed by atoms with van der Waals surface area (Å²) in [7, 11) is -0.993. The first kappa shape index (κ1) is 30.4. The van der Waals surface area contributed by atoms with Crippen LogP contribution in [-0.2, 0) is 32.5 Å². The number of carbonyl (C=O) groups excluding carboxylic acids is 1. The molecule has 1 fully saturated rings. The molecule has 2 bridgehead atoms. The molecule has 2 aromatic carbocycles. The second kappa shape index (κ2) is 13.1. The van der Waals surface area contributed by atoms with E-state index in [0.29, 0.717) is 29.2 Å². The number of amides is 1. The fraction of sp³-hybridized carbons (Fsp3) is 0.469. The molecule has 226 valence electrons. The number of ether oxygens (including phenoxy) is 3. The highest BCUT2D eigenvalue weighted by Gasteiger charge is 2.38. The largest absolute Gasteiger partial charge is 0.500 e. The summed E-state index contributed by atoms with van der Waals surface area (Å²) < 4.78 is 46.3. The lowest BCUT2D eigenvalue weighted by Gasteiger charge is -2.43. The number of sulfonamides is 1. The standard InChI is InChI=1S/C32H39ClN2O6S/c1-21-29(39-2)8-6-9-30(40-3)27-14-11-24(27)19-35-16-5-4-7-22-17-26(33)13-10-25(22)20-41-31-15-12-23(18-28(31)35)32(36)34-42(21,37)38/h6,9-10,12-13,15,17-18,24,27,30H,4-5,7-8,11,14,16,19-20H2,1-3H3,(H,34,36)/b9-6+,29-21-/t24-,27+,30-/m0/s1. The summed E-state index contributed by atoms with van der Waals surface area (Å²) in [6.45, 7) is 3.35. The van der Waals surface area contributed by atoms with Crippen LogP contribution in [0.2, 0.25) is 5.02 Å². The Morgan fingerprint density at radius 1 is 1.07 bits per heavy atom. The average Bonchev–Trinajstić information content (AvgIpc) is 2.98. The van der Waals surface area contributed by atoms with Gasteiger partial charge < -0.3 is 19.1 Å². The lowest BCUT2D eigenvalue weighted by atomic mass is 9.70. The van der Waals surface area contributed by atoms with Crippen molar-refractivity contribution in [2.24, 2.45) is 11.8 Å². The maximum absolute atomic E-state index is 13.3. The molecule has 0 saturated heterocycles. The molecular formula is C32H39ClN2O6S. The number of methoxy groups -OCH3 is 2. The molecule has 0 radical (unpaired) electrons. The first-order valence-electron chi connectivity index (χ1n) is 14.5. The molecule has 3 atom stereocenters. The number of hydrogen-bond acceptors (Lipinski definition) is 7. The summed E-state index contributed by atoms with van der Waals surface area (Å²) in [6, 6.07) is 11.0. The minimum absolute atomic E-state index is 0.0375. The molecule has 3 aliphatic rings. The van der Waals surface area contributed by atoms with Gasteiger partial charge in [-0.05, 0) is 92.3 Å². The van der Waals surface area contributed by atoms with Crippen LogP contribution < -0.4 is 14.4 Å². The third-order valence-electron chi connectivity index (χ3n) is 8.76. The van der Waals surface area contributed by atoms with Gasteiger partial charge in [-0.3, -0.25) is 4.79 Å². The van der Waals surface area contributed by atoms with Crippen LogP contribution in [0.15, 0.2) is 59.2 Å². The highest BCUT2D eigenvalue weighted by Crippen LogP contribution is 2.41. The number of allylic oxidation sites excluding steroid dienone is 2. The van der Waals surface area contributed by atoms with Crippen molar-refractivity contribution in [3.63, 3.8) is 0 Å². The molecule has 1 amide bonds. The molecule has 2 aromatic rings. The molecule has 0 spiro atoms. The molecule has 0 aromatic heterocycles. The van der Waals surface area contributed by atoms with Gasteiger partial charge in [-0.2, -0.15) is 0 Å². The number of fused-ring (bicyclic) bond motifs is 3. The van der Waals surface area contributed by atoms with E-state index in [1.54, 1.807) is 25.3 Å². The Hall–Kier alpha value is -3.01. The van der Waals surface area contributed by atoms with Crippen LogP contribution in [0, 0.1) is 11.8 Å². The van der Waals surface area contributed by atoms with Crippen LogP contribution in [0.3, 0.4) is 0 Å². The van der Waals surface area contributed by atoms with E-state index in [2.05, 4.69) is 9.62 Å². The molecule has 2 aliphatic heterocycles. The van der Waals surface area contributed by atoms with E-state index in [0.717, 1.165) is 56.4 Å². The molecule has 1 N–H and O–H groups in total. The predicted molar refractivity (Wildman–Crippen MR) is 164 cm³/mol. The van der Waals surface area contributed by atoms with Crippen molar-refractivity contribution in [3.05, 3.63) is 80.9 Å². The fourth-order valence-electron chi connectivity index (χ4n) is 6.10. The number of rotatable bonds is 2. The Morgan fingerprint density at radius 3 is 2.64 bits per heavy atom. The van der Waals surface area contributed by atoms with E-state index in [1.165, 1.54) is 19.6 Å². The van der Waals surface area contributed by atoms with Crippen LogP contribution in [0.25, 0.3) is 0 Å². The predicted octanol–water partition coefficient (Wildman–Crippen LogP) is 6.00. The van der Waals surface area contributed by atoms with Gasteiger partial charge in [0.2, 0.25) is 0 Å². The van der Waals surface area contributed by atoms with Gasteiger partial charge in [-0.15, -0.1) is 0 Å². The average molecular weight is 615 g/mol. The second-order valence-corrected chi connectivity index (χ2v) is 13.5. The Balaban J connectivity index is 1.57. The summed E-state index contributed by atoms with van der Waals surface area (Å²) in [5, 5.41) is 0.709. The van der Waals surface area contributed by atoms with Crippen LogP contribution in [0.4, 0.5) is 5.69 Å². The number of hydrogen-bond donors (Lipinski definition) is 1. The Kier molecular flexibility index (Phi) is 9.50. The third-order valence-corrected chi connectivity index (χ3v) is 10.5. The normalized spacial score (nSPS) is 27.2. The van der Waals surface area contributed by atoms with Crippen LogP contribution in [0.1, 0.15) is 60.5 Å². The van der Waals surface area contributed by atoms with Crippen molar-refractivity contribution >= 4 is 33.2 Å². The van der Waals surface area contributed by atoms with E-state index >= 15 is 0 Å². The maximum atomic E-state index is 13.3. The number of nitrogens with zero attached hydrogens (tertiary/aromatic N) is 1. The minimum atomic E-state index is -4.14. The molecule has 10 heteroatoms. The van der Waals surface area contributed by atoms with E-state index < -0.39 is 15.9 Å². The monoisotopic (exact) mass is 614 g/mol. The summed E-state index contributed by atoms with van der Waals surface area (Å²) in [6.07, 6.45) is 8.99. The number of aryl methyl sites for hydroxylation is 1. The van der Waals surface area contributed by atoms with Gasteiger partial charge in [-0.25, -0.2) is 13.1 Å². The molecule has 2 heterocycles. The number of benzene rings is 2. The highest BCUT2D eigenvalue weighted by atomic mass is 35.5. The molecule has 1 saturated carbocycles. The number of carbonyl (C=O) groups is 1. The smallest absolute Gasteiger partial charge is 0.265 e. The lowest BCUT2D eigenvalue weighted by Crippen LogP contribution is -2.44. The topological polar surface area (TPSA) is 94.2 Å². The summed E-state index contributed by atoms with van der Waals surface area (Å²) in [5.41, 5.74) is 3.28. The first-order valence-corrected chi connectivity index (χ1v) is 16.4. The zero-order valence-corrected chi connectivity index (χ0v) is 26.0. The lowest BCUT2D eigenvalue weighted by molar-refractivity contribution is 0.0134. The van der Waals surface area contributed by atoms with Gasteiger partial charge in [0.15, 0.2) is 0 Å². The maximum Gasteiger partial charge on any atom is 0.265 e. The number of halogens is 1. The van der Waals surface area contributed by atoms with Gasteiger partial charge in [0.25, 0.3) is 15.9 Å². The summed E-state index contributed by atoms with van der Waals surface area (Å²) in [4.78, 5) is 15.6. The van der Waals surface area contributed by atoms with Crippen LogP contribution in [-0.4, -0.2) is 47.7 Å². The quantitative estimate of drug-likeness (QED) is 0.415. The highest BCUT2D eigenvalue weighted by molar-refractivity contribution is 7.93. The molecule has 5 rings (SSSR count). The number of anilines is 1. The van der Waals surface area contributed by atoms with E-state index in [4.69, 9.17) is 25.8 Å². The van der Waals surface area contributed by atoms with Crippen LogP contribution in [0.5, 0.6) is 5.75 Å². The molecule has 8 nitrogen and oxygen atoms in total. The fourth-order valence-corrected chi connectivity index (χ4v) is 7.28. The number of nitrogens with one attached hydrogen (secondary N) is 1. The van der Waals surface area contributed by atoms with Crippen molar-refractivity contribution in [3.8, 4) is 5.75 Å². The molecular weight excluding hydrogens is 576 g/mol. The minimum Gasteiger partial charge on any atom is -0.500 e. The molecule has 0 unspecified atom stereocenters. The Morgan fingerprint density at radius 2 is 1.90 bits per heavy atom. The second-order valence-electron chi connectivity index (χ2n) is 11.2. The van der Waals surface area contributed by atoms with E-state index in [1.807, 2.05) is 30.4 Å². The van der Waals surface area contributed by atoms with Gasteiger partial charge in [0.05, 0.1) is 23.8 Å². The van der Waals surface area contributed by atoms with Gasteiger partial charge in [-0.1, -0.05) is 29.8 Å². The van der Waals surface area contributed by atoms with Crippen molar-refractivity contribution in [2.75, 3.05) is 32.2 Å². The van der Waals surface area contributed by atoms with E-state index in [9.17, 15) is 13.2 Å². The van der Waals surface area contributed by atoms with Gasteiger partial charge in [0, 0.05) is 37.2 Å². The van der Waals surface area contributed by atoms with Crippen molar-refractivity contribution in [1.82, 2.24) is 4.72 Å². The van der Waals surface area contributed by atoms with E-state index in [-0.39, 0.29) is 28.8 Å². The van der Waals surface area contributed by atoms with Gasteiger partial charge in [0.1, 0.15) is 18.1 Å². The summed E-state index contributed by atoms with van der Waals surface area (Å²) in [5.74, 6) is 0.917. The Labute approximate surface area is 253 Å². The van der Waals surface area contributed by atoms with Gasteiger partial charge >= 0.3 is 0 Å². The molecule has 42 heavy (non-hydrogen) atoms. The zero-order valence-electron chi connectivity index (χ0n) is 24.4. The third kappa shape index (κ3) is 6.63. The Bertz CT molecular complexity index is 1490.